The minimum absolute atomic E-state index is 0.436. The number of aromatic nitrogens is 2. The molecule has 20 heavy (non-hydrogen) atoms. The van der Waals surface area contributed by atoms with Gasteiger partial charge in [-0.25, -0.2) is 9.97 Å². The van der Waals surface area contributed by atoms with Gasteiger partial charge in [0.25, 0.3) is 0 Å². The summed E-state index contributed by atoms with van der Waals surface area (Å²) in [6, 6.07) is 5.66. The molecule has 2 rings (SSSR count). The minimum atomic E-state index is 0.436. The van der Waals surface area contributed by atoms with E-state index in [2.05, 4.69) is 14.9 Å². The fraction of sp³-hybridized carbons (Fsp3) is 0.429. The molecule has 0 aliphatic rings. The van der Waals surface area contributed by atoms with Gasteiger partial charge >= 0.3 is 0 Å². The highest BCUT2D eigenvalue weighted by Gasteiger charge is 2.12. The topological polar surface area (TPSA) is 51.4 Å². The lowest BCUT2D eigenvalue weighted by atomic mass is 10.3. The van der Waals surface area contributed by atoms with E-state index in [1.54, 1.807) is 13.2 Å². The third kappa shape index (κ3) is 3.95. The number of methoxy groups -OCH3 is 1. The molecule has 2 heterocycles. The summed E-state index contributed by atoms with van der Waals surface area (Å²) in [5.74, 6) is 3.19. The maximum Gasteiger partial charge on any atom is 0.134 e. The molecule has 0 unspecified atom stereocenters. The predicted molar refractivity (Wildman–Crippen MR) is 78.2 cm³/mol. The number of anilines is 1. The zero-order valence-electron chi connectivity index (χ0n) is 11.9. The number of rotatable bonds is 6. The summed E-state index contributed by atoms with van der Waals surface area (Å²) >= 11 is 6.00. The molecular weight excluding hydrogens is 278 g/mol. The van der Waals surface area contributed by atoms with E-state index in [4.69, 9.17) is 20.8 Å². The molecule has 5 nitrogen and oxygen atoms in total. The smallest absolute Gasteiger partial charge is 0.134 e. The van der Waals surface area contributed by atoms with Gasteiger partial charge in [0.05, 0.1) is 13.2 Å². The van der Waals surface area contributed by atoms with Gasteiger partial charge in [0, 0.05) is 19.7 Å². The summed E-state index contributed by atoms with van der Waals surface area (Å²) in [4.78, 5) is 10.6. The van der Waals surface area contributed by atoms with Crippen molar-refractivity contribution in [2.45, 2.75) is 20.4 Å². The first kappa shape index (κ1) is 14.8. The second kappa shape index (κ2) is 6.72. The first-order valence-corrected chi connectivity index (χ1v) is 6.76. The van der Waals surface area contributed by atoms with E-state index in [9.17, 15) is 0 Å². The van der Waals surface area contributed by atoms with E-state index in [1.165, 1.54) is 0 Å². The van der Waals surface area contributed by atoms with Gasteiger partial charge < -0.3 is 14.1 Å². The fourth-order valence-electron chi connectivity index (χ4n) is 1.91. The predicted octanol–water partition coefficient (Wildman–Crippen LogP) is 2.99. The van der Waals surface area contributed by atoms with Crippen LogP contribution < -0.4 is 4.90 Å². The number of hydrogen-bond acceptors (Lipinski definition) is 5. The Balaban J connectivity index is 2.21. The van der Waals surface area contributed by atoms with Gasteiger partial charge in [0.2, 0.25) is 0 Å². The highest BCUT2D eigenvalue weighted by molar-refractivity contribution is 6.29. The monoisotopic (exact) mass is 295 g/mol. The van der Waals surface area contributed by atoms with Gasteiger partial charge in [-0.3, -0.25) is 0 Å². The average molecular weight is 296 g/mol. The van der Waals surface area contributed by atoms with E-state index in [1.807, 2.05) is 26.0 Å². The standard InChI is InChI=1S/C14H18ClN3O2/c1-10-4-5-12(20-10)9-18(6-7-19-3)14-8-13(15)16-11(2)17-14/h4-5,8H,6-7,9H2,1-3H3. The second-order valence-electron chi connectivity index (χ2n) is 4.52. The van der Waals surface area contributed by atoms with Crippen molar-refractivity contribution >= 4 is 17.4 Å². The molecule has 0 saturated carbocycles. The SMILES string of the molecule is COCCN(Cc1ccc(C)o1)c1cc(Cl)nc(C)n1. The van der Waals surface area contributed by atoms with Crippen LogP contribution in [0.1, 0.15) is 17.3 Å². The Bertz CT molecular complexity index is 551. The van der Waals surface area contributed by atoms with Gasteiger partial charge in [-0.05, 0) is 26.0 Å². The summed E-state index contributed by atoms with van der Waals surface area (Å²) in [6.07, 6.45) is 0. The molecule has 2 aromatic heterocycles. The molecule has 0 bridgehead atoms. The van der Waals surface area contributed by atoms with Crippen LogP contribution in [0.2, 0.25) is 5.15 Å². The Hall–Kier alpha value is -1.59. The molecule has 108 valence electrons. The molecule has 0 aliphatic carbocycles. The Morgan fingerprint density at radius 3 is 2.70 bits per heavy atom. The molecule has 2 aromatic rings. The quantitative estimate of drug-likeness (QED) is 0.767. The summed E-state index contributed by atoms with van der Waals surface area (Å²) in [5, 5.41) is 0.436. The maximum absolute atomic E-state index is 6.00. The molecule has 0 atom stereocenters. The molecule has 0 N–H and O–H groups in total. The molecule has 6 heteroatoms. The first-order valence-electron chi connectivity index (χ1n) is 6.39. The molecule has 0 aromatic carbocycles. The van der Waals surface area contributed by atoms with Crippen LogP contribution in [-0.4, -0.2) is 30.2 Å². The third-order valence-corrected chi connectivity index (χ3v) is 3.02. The zero-order valence-corrected chi connectivity index (χ0v) is 12.6. The van der Waals surface area contributed by atoms with Gasteiger partial charge in [-0.15, -0.1) is 0 Å². The lowest BCUT2D eigenvalue weighted by Gasteiger charge is -2.22. The Morgan fingerprint density at radius 2 is 2.10 bits per heavy atom. The van der Waals surface area contributed by atoms with Crippen molar-refractivity contribution in [2.75, 3.05) is 25.2 Å². The number of aryl methyl sites for hydroxylation is 2. The van der Waals surface area contributed by atoms with E-state index in [0.29, 0.717) is 30.7 Å². The van der Waals surface area contributed by atoms with Gasteiger partial charge in [-0.2, -0.15) is 0 Å². The normalized spacial score (nSPS) is 10.8. The molecular formula is C14H18ClN3O2. The molecule has 0 amide bonds. The van der Waals surface area contributed by atoms with Crippen molar-refractivity contribution < 1.29 is 9.15 Å². The second-order valence-corrected chi connectivity index (χ2v) is 4.91. The third-order valence-electron chi connectivity index (χ3n) is 2.83. The highest BCUT2D eigenvalue weighted by Crippen LogP contribution is 2.19. The van der Waals surface area contributed by atoms with Crippen LogP contribution in [0.15, 0.2) is 22.6 Å². The maximum atomic E-state index is 6.00. The van der Waals surface area contributed by atoms with Gasteiger partial charge in [0.15, 0.2) is 0 Å². The molecule has 0 radical (unpaired) electrons. The molecule has 0 fully saturated rings. The summed E-state index contributed by atoms with van der Waals surface area (Å²) in [7, 11) is 1.67. The molecule has 0 spiro atoms. The van der Waals surface area contributed by atoms with E-state index >= 15 is 0 Å². The van der Waals surface area contributed by atoms with Crippen LogP contribution in [-0.2, 0) is 11.3 Å². The molecule has 0 aliphatic heterocycles. The van der Waals surface area contributed by atoms with Gasteiger partial charge in [-0.1, -0.05) is 11.6 Å². The Kier molecular flexibility index (Phi) is 4.98. The van der Waals surface area contributed by atoms with Crippen molar-refractivity contribution in [3.05, 3.63) is 40.7 Å². The Labute approximate surface area is 123 Å². The van der Waals surface area contributed by atoms with Crippen molar-refractivity contribution in [3.63, 3.8) is 0 Å². The van der Waals surface area contributed by atoms with Crippen LogP contribution in [0.3, 0.4) is 0 Å². The minimum Gasteiger partial charge on any atom is -0.464 e. The van der Waals surface area contributed by atoms with Crippen LogP contribution >= 0.6 is 11.6 Å². The average Bonchev–Trinajstić information content (AvgIpc) is 2.79. The van der Waals surface area contributed by atoms with E-state index < -0.39 is 0 Å². The van der Waals surface area contributed by atoms with Crippen molar-refractivity contribution in [2.24, 2.45) is 0 Å². The van der Waals surface area contributed by atoms with Crippen LogP contribution in [0.4, 0.5) is 5.82 Å². The zero-order chi connectivity index (χ0) is 14.5. The van der Waals surface area contributed by atoms with E-state index in [-0.39, 0.29) is 0 Å². The van der Waals surface area contributed by atoms with Crippen LogP contribution in [0.25, 0.3) is 0 Å². The van der Waals surface area contributed by atoms with Crippen LogP contribution in [0.5, 0.6) is 0 Å². The molecule has 0 saturated heterocycles. The van der Waals surface area contributed by atoms with Crippen molar-refractivity contribution in [1.82, 2.24) is 9.97 Å². The first-order chi connectivity index (χ1) is 9.58. The summed E-state index contributed by atoms with van der Waals surface area (Å²) in [6.45, 7) is 5.66. The summed E-state index contributed by atoms with van der Waals surface area (Å²) < 4.78 is 10.8. The number of ether oxygens (including phenoxy) is 1. The van der Waals surface area contributed by atoms with E-state index in [0.717, 1.165) is 17.3 Å². The Morgan fingerprint density at radius 1 is 1.30 bits per heavy atom. The van der Waals surface area contributed by atoms with Crippen LogP contribution in [0, 0.1) is 13.8 Å². The van der Waals surface area contributed by atoms with Gasteiger partial charge in [0.1, 0.15) is 28.3 Å². The number of furan rings is 1. The lowest BCUT2D eigenvalue weighted by Crippen LogP contribution is -2.27. The largest absolute Gasteiger partial charge is 0.464 e. The number of nitrogens with zero attached hydrogens (tertiary/aromatic N) is 3. The summed E-state index contributed by atoms with van der Waals surface area (Å²) in [5.41, 5.74) is 0. The number of hydrogen-bond donors (Lipinski definition) is 0. The van der Waals surface area contributed by atoms with Crippen molar-refractivity contribution in [1.29, 1.82) is 0 Å². The highest BCUT2D eigenvalue weighted by atomic mass is 35.5. The number of halogens is 1. The van der Waals surface area contributed by atoms with Crippen molar-refractivity contribution in [3.8, 4) is 0 Å². The lowest BCUT2D eigenvalue weighted by molar-refractivity contribution is 0.204. The fourth-order valence-corrected chi connectivity index (χ4v) is 2.13.